The van der Waals surface area contributed by atoms with Crippen LogP contribution in [0.15, 0.2) is 0 Å². The molecule has 0 aliphatic carbocycles. The van der Waals surface area contributed by atoms with Crippen molar-refractivity contribution in [3.63, 3.8) is 0 Å². The summed E-state index contributed by atoms with van der Waals surface area (Å²) in [5, 5.41) is 0. The van der Waals surface area contributed by atoms with Crippen LogP contribution in [0.3, 0.4) is 0 Å². The predicted molar refractivity (Wildman–Crippen MR) is 0 cm³/mol. The summed E-state index contributed by atoms with van der Waals surface area (Å²) >= 11 is 0. The Labute approximate surface area is 3330 Å². The quantitative estimate of drug-likeness (QED) is 0.321. The molecule has 0 atom stereocenters. The molecule has 90 radical (unpaired) electrons. The zero-order chi connectivity index (χ0) is 0. The normalized spacial score (nSPS) is 0. The van der Waals surface area contributed by atoms with Gasteiger partial charge in [0.05, 0.1) is 0 Å². The van der Waals surface area contributed by atoms with E-state index in [1.165, 1.54) is 0 Å². The molecule has 0 aliphatic rings. The fraction of sp³-hybridized carbons (Fsp3) is 0. The van der Waals surface area contributed by atoms with E-state index < -0.39 is 0 Å². The number of hydrogen-bond donors (Lipinski definition) is 0. The molecule has 90 heteroatoms. The summed E-state index contributed by atoms with van der Waals surface area (Å²) in [5.41, 5.74) is 0. The van der Waals surface area contributed by atoms with Gasteiger partial charge in [-0.3, -0.25) is 0 Å². The predicted octanol–water partition coefficient (Wildman–Crippen LogP) is 0. The van der Waals surface area contributed by atoms with Gasteiger partial charge in [0.2, 0.25) is 0 Å². The van der Waals surface area contributed by atoms with Gasteiger partial charge in [-0.1, -0.05) is 0 Å². The van der Waals surface area contributed by atoms with Gasteiger partial charge >= 0.3 is 0 Å². The molecule has 0 fully saturated rings. The molecule has 0 saturated carbocycles. The van der Waals surface area contributed by atoms with Gasteiger partial charge in [-0.2, -0.15) is 0 Å². The smallest absolute Gasteiger partial charge is 0 e. The zero-order valence-electron chi connectivity index (χ0n) is 30.0. The third-order valence-electron chi connectivity index (χ3n) is 0. The molecule has 0 rings (SSSR count). The molecule has 0 spiro atoms. The van der Waals surface area contributed by atoms with Crippen molar-refractivity contribution in [2.75, 3.05) is 0 Å². The first-order valence-corrected chi connectivity index (χ1v) is 0. The van der Waals surface area contributed by atoms with Gasteiger partial charge in [0.15, 0.2) is 0 Å². The van der Waals surface area contributed by atoms with E-state index in [0.717, 1.165) is 0 Å². The van der Waals surface area contributed by atoms with Crippen LogP contribution in [-0.2, 0) is 0 Å². The van der Waals surface area contributed by atoms with Crippen LogP contribution in [0, 0.1) is 3480 Å². The summed E-state index contributed by atoms with van der Waals surface area (Å²) in [7, 11) is 0. The summed E-state index contributed by atoms with van der Waals surface area (Å²) in [5.74, 6) is 0. The molecule has 0 saturated heterocycles. The average Bonchev–Trinajstić information content (AvgIpc) is 0. The van der Waals surface area contributed by atoms with Gasteiger partial charge < -0.3 is 0 Å². The van der Waals surface area contributed by atoms with Crippen molar-refractivity contribution in [1.82, 2.24) is 0 Å². The van der Waals surface area contributed by atoms with E-state index in [1.54, 1.807) is 0 Å². The molecule has 0 aromatic rings. The Morgan fingerprint density at radius 1 is 0.0111 bits per heavy atom. The second kappa shape index (κ2) is 634. The third kappa shape index (κ3) is 625. The first-order chi connectivity index (χ1) is 0. The van der Waals surface area contributed by atoms with Crippen LogP contribution in [0.4, 0.5) is 0 Å². The maximum atomic E-state index is 0. The van der Waals surface area contributed by atoms with Crippen molar-refractivity contribution in [1.29, 1.82) is 0 Å². The number of hydrogen-bond acceptors (Lipinski definition) is 0. The summed E-state index contributed by atoms with van der Waals surface area (Å²) in [4.78, 5) is 0. The van der Waals surface area contributed by atoms with Gasteiger partial charge in [-0.05, 0) is 0 Å². The third-order valence-corrected chi connectivity index (χ3v) is 0. The van der Waals surface area contributed by atoms with Crippen LogP contribution >= 0.6 is 0 Å². The fourth-order valence-corrected chi connectivity index (χ4v) is 0. The molecule has 0 bridgehead atoms. The monoisotopic (exact) mass is 14300 g/mol. The van der Waals surface area contributed by atoms with Crippen LogP contribution in [-0.4, -0.2) is 0 Å². The minimum atomic E-state index is 0. The van der Waals surface area contributed by atoms with E-state index >= 15 is 0 Å². The Morgan fingerprint density at radius 3 is 0.0111 bits per heavy atom. The average molecular weight is 14300 g/mol. The topological polar surface area (TPSA) is 0 Å². The Kier molecular flexibility index (Phi) is 4540. The molecule has 810 valence electrons. The second-order valence-corrected chi connectivity index (χ2v) is 0. The minimum Gasteiger partial charge on any atom is 0 e. The van der Waals surface area contributed by atoms with Crippen LogP contribution in [0.2, 0.25) is 0 Å². The van der Waals surface area contributed by atoms with Crippen LogP contribution in [0.25, 0.3) is 0 Å². The van der Waals surface area contributed by atoms with Gasteiger partial charge in [-0.25, -0.2) is 0 Å². The Hall–Kier alpha value is 116. The summed E-state index contributed by atoms with van der Waals surface area (Å²) in [6.07, 6.45) is 0. The molecule has 0 aliphatic heterocycles. The van der Waals surface area contributed by atoms with Crippen LogP contribution in [0.1, 0.15) is 0 Å². The molecule has 0 nitrogen and oxygen atoms in total. The fourth-order valence-electron chi connectivity index (χ4n) is 0. The molecular weight excluding hydrogens is 14300 g/mol. The summed E-state index contributed by atoms with van der Waals surface area (Å²) in [6.45, 7) is 0. The molecule has 0 heterocycles. The minimum absolute atomic E-state index is 0. The second-order valence-electron chi connectivity index (χ2n) is 0. The molecule has 0 amide bonds. The summed E-state index contributed by atoms with van der Waals surface area (Å²) < 4.78 is 0. The zero-order valence-corrected chi connectivity index (χ0v) is 222. The van der Waals surface area contributed by atoms with Gasteiger partial charge in [0, 0.05) is 3480 Å². The SMILES string of the molecule is [Tb].[Tb].[Tb].[Tb].[Tb].[Tb].[Tb].[Tb].[Tb].[Tb].[Tb].[Tb].[Tb].[Tb].[Tb].[Tb].[Tb].[Tb].[Tb].[Tb].[Tb].[Tb].[Tb].[Tb].[Tb].[Tb].[Tb].[Tb].[Tb].[Tb].[Tb].[Tb].[Tb].[Tb].[Tb].[Tb].[Tb].[Tb].[Tb].[Tb].[Tb].[Tb].[Tb].[Tb].[Tb].[Tb].[Tb].[Tb].[Tb].[Tb].[Tb].[Tb].[Tb].[Tb].[Tb].[Tb].[Tb].[Tb].[Tb].[Tb].[Tb].[Tb].[Tb].[Tb].[Tb].[Tb].[Tb].[Tb].[Tb].[Tb].[Tb].[Tb].[Tb].[Tb].[Tb].[Tb].[Tb].[Tb].[Tb].[Tb].[Tb].[Tb].[Tb].[Tb].[Tb].[Tb].[Tb].[Tb].[Tb].[Tb]. The van der Waals surface area contributed by atoms with Crippen molar-refractivity contribution < 1.29 is 3480 Å². The molecule has 0 aromatic carbocycles. The van der Waals surface area contributed by atoms with Gasteiger partial charge in [0.1, 0.15) is 0 Å². The first kappa shape index (κ1) is 644. The Bertz CT molecular complexity index is 0. The van der Waals surface area contributed by atoms with Crippen molar-refractivity contribution in [3.05, 3.63) is 0 Å². The van der Waals surface area contributed by atoms with Crippen molar-refractivity contribution in [2.45, 2.75) is 0 Å². The molecule has 0 unspecified atom stereocenters. The largest absolute Gasteiger partial charge is 0 e. The van der Waals surface area contributed by atoms with Crippen LogP contribution in [0.5, 0.6) is 0 Å². The standard InChI is InChI=1S/90Tb. The van der Waals surface area contributed by atoms with Gasteiger partial charge in [-0.15, -0.1) is 0 Å². The Balaban J connectivity index is 0. The maximum absolute atomic E-state index is 0. The Morgan fingerprint density at radius 2 is 0.0111 bits per heavy atom. The molecule has 0 aromatic heterocycles. The summed E-state index contributed by atoms with van der Waals surface area (Å²) in [6, 6.07) is 0. The number of rotatable bonds is 0. The van der Waals surface area contributed by atoms with Gasteiger partial charge in [0.25, 0.3) is 0 Å². The first-order valence-electron chi connectivity index (χ1n) is 0. The van der Waals surface area contributed by atoms with E-state index in [0.29, 0.717) is 0 Å². The van der Waals surface area contributed by atoms with E-state index in [2.05, 4.69) is 0 Å². The molecule has 0 N–H and O–H groups in total. The molecule has 90 heavy (non-hydrogen) atoms. The maximum Gasteiger partial charge on any atom is 0 e. The van der Waals surface area contributed by atoms with Crippen molar-refractivity contribution in [2.24, 2.45) is 0 Å². The van der Waals surface area contributed by atoms with E-state index in [1.807, 2.05) is 0 Å². The van der Waals surface area contributed by atoms with E-state index in [-0.39, 0.29) is 3480 Å². The van der Waals surface area contributed by atoms with Crippen molar-refractivity contribution in [3.8, 4) is 0 Å². The van der Waals surface area contributed by atoms with Crippen molar-refractivity contribution >= 4 is 0 Å². The van der Waals surface area contributed by atoms with E-state index in [9.17, 15) is 0 Å². The molecular formula is Tb90. The van der Waals surface area contributed by atoms with Crippen LogP contribution < -0.4 is 0 Å². The van der Waals surface area contributed by atoms with E-state index in [4.69, 9.17) is 0 Å².